The molecule has 4 rings (SSSR count). The number of carbonyl (C=O) groups excluding carboxylic acids is 1. The van der Waals surface area contributed by atoms with Crippen LogP contribution in [-0.2, 0) is 12.5 Å². The molecule has 0 saturated carbocycles. The third-order valence-electron chi connectivity index (χ3n) is 6.19. The van der Waals surface area contributed by atoms with Gasteiger partial charge in [0.05, 0.1) is 19.6 Å². The highest BCUT2D eigenvalue weighted by molar-refractivity contribution is 9.10. The number of methoxy groups -OCH3 is 2. The van der Waals surface area contributed by atoms with Gasteiger partial charge >= 0.3 is 0 Å². The molecule has 0 aliphatic heterocycles. The number of nitrogens with zero attached hydrogens (tertiary/aromatic N) is 1. The smallest absolute Gasteiger partial charge is 0.178 e. The van der Waals surface area contributed by atoms with Gasteiger partial charge < -0.3 is 14.0 Å². The molecule has 168 valence electrons. The summed E-state index contributed by atoms with van der Waals surface area (Å²) in [5.41, 5.74) is 2.53. The Kier molecular flexibility index (Phi) is 6.43. The summed E-state index contributed by atoms with van der Waals surface area (Å²) in [6, 6.07) is 21.2. The SMILES string of the molecule is C=CCC(C(=O)c1ccc(OC)cc1)(c1ccc(OC)cc1)c1cn(C)c2cc(Br)ccc12. The van der Waals surface area contributed by atoms with E-state index in [4.69, 9.17) is 9.47 Å². The van der Waals surface area contributed by atoms with Crippen LogP contribution in [0.4, 0.5) is 0 Å². The molecule has 1 heterocycles. The molecule has 0 fully saturated rings. The maximum absolute atomic E-state index is 14.4. The molecule has 0 saturated heterocycles. The highest BCUT2D eigenvalue weighted by Crippen LogP contribution is 2.44. The van der Waals surface area contributed by atoms with Gasteiger partial charge in [0.15, 0.2) is 5.78 Å². The van der Waals surface area contributed by atoms with Gasteiger partial charge in [0.2, 0.25) is 0 Å². The second-order valence-corrected chi connectivity index (χ2v) is 8.92. The van der Waals surface area contributed by atoms with Crippen LogP contribution in [0.1, 0.15) is 27.9 Å². The molecule has 4 nitrogen and oxygen atoms in total. The fraction of sp³-hybridized carbons (Fsp3) is 0.179. The molecule has 5 heteroatoms. The molecule has 4 aromatic rings. The van der Waals surface area contributed by atoms with Gasteiger partial charge in [-0.05, 0) is 66.1 Å². The van der Waals surface area contributed by atoms with Gasteiger partial charge in [-0.25, -0.2) is 0 Å². The Balaban J connectivity index is 2.03. The number of ether oxygens (including phenoxy) is 2. The summed E-state index contributed by atoms with van der Waals surface area (Å²) in [4.78, 5) is 14.4. The van der Waals surface area contributed by atoms with Gasteiger partial charge in [-0.3, -0.25) is 4.79 Å². The minimum Gasteiger partial charge on any atom is -0.497 e. The minimum absolute atomic E-state index is 0.00522. The number of aryl methyl sites for hydroxylation is 1. The molecular weight excluding hydrogens is 478 g/mol. The second kappa shape index (κ2) is 9.28. The van der Waals surface area contributed by atoms with Gasteiger partial charge in [0.25, 0.3) is 0 Å². The first-order valence-electron chi connectivity index (χ1n) is 10.6. The first-order valence-corrected chi connectivity index (χ1v) is 11.4. The van der Waals surface area contributed by atoms with Gasteiger partial charge in [0.1, 0.15) is 11.5 Å². The number of hydrogen-bond donors (Lipinski definition) is 0. The van der Waals surface area contributed by atoms with Crippen molar-refractivity contribution in [1.29, 1.82) is 0 Å². The molecule has 1 aromatic heterocycles. The number of fused-ring (bicyclic) bond motifs is 1. The van der Waals surface area contributed by atoms with E-state index in [-0.39, 0.29) is 5.78 Å². The van der Waals surface area contributed by atoms with Crippen molar-refractivity contribution in [3.05, 3.63) is 107 Å². The first-order chi connectivity index (χ1) is 15.9. The summed E-state index contributed by atoms with van der Waals surface area (Å²) >= 11 is 3.57. The van der Waals surface area contributed by atoms with Crippen LogP contribution in [0.3, 0.4) is 0 Å². The number of Topliss-reactive ketones (excluding diaryl/α,β-unsaturated/α-hetero) is 1. The van der Waals surface area contributed by atoms with E-state index in [0.29, 0.717) is 17.7 Å². The largest absolute Gasteiger partial charge is 0.497 e. The zero-order valence-corrected chi connectivity index (χ0v) is 20.6. The van der Waals surface area contributed by atoms with Crippen LogP contribution < -0.4 is 9.47 Å². The number of aromatic nitrogens is 1. The lowest BCUT2D eigenvalue weighted by atomic mass is 9.67. The maximum Gasteiger partial charge on any atom is 0.178 e. The van der Waals surface area contributed by atoms with E-state index in [0.717, 1.165) is 32.3 Å². The quantitative estimate of drug-likeness (QED) is 0.198. The van der Waals surface area contributed by atoms with Crippen LogP contribution >= 0.6 is 15.9 Å². The van der Waals surface area contributed by atoms with Crippen LogP contribution in [0.2, 0.25) is 0 Å². The van der Waals surface area contributed by atoms with Crippen LogP contribution in [0.5, 0.6) is 11.5 Å². The Morgan fingerprint density at radius 2 is 1.61 bits per heavy atom. The number of rotatable bonds is 8. The summed E-state index contributed by atoms with van der Waals surface area (Å²) in [5, 5.41) is 1.03. The predicted octanol–water partition coefficient (Wildman–Crippen LogP) is 6.70. The molecule has 1 unspecified atom stereocenters. The Morgan fingerprint density at radius 3 is 2.18 bits per heavy atom. The lowest BCUT2D eigenvalue weighted by Crippen LogP contribution is -2.37. The topological polar surface area (TPSA) is 40.5 Å². The van der Waals surface area contributed by atoms with Crippen molar-refractivity contribution >= 4 is 32.6 Å². The molecule has 0 radical (unpaired) electrons. The average Bonchev–Trinajstić information content (AvgIpc) is 3.18. The highest BCUT2D eigenvalue weighted by atomic mass is 79.9. The summed E-state index contributed by atoms with van der Waals surface area (Å²) in [6.45, 7) is 4.02. The molecule has 0 bridgehead atoms. The van der Waals surface area contributed by atoms with Crippen LogP contribution in [0.15, 0.2) is 90.1 Å². The standard InChI is InChI=1S/C28H26BrNO3/c1-5-16-28(20-8-13-23(33-4)14-9-20,27(31)19-6-11-22(32-3)12-7-19)25-18-30(2)26-17-21(29)10-15-24(25)26/h5-15,17-18H,1,16H2,2-4H3. The number of halogens is 1. The van der Waals surface area contributed by atoms with Gasteiger partial charge in [-0.15, -0.1) is 6.58 Å². The van der Waals surface area contributed by atoms with Crippen molar-refractivity contribution in [3.8, 4) is 11.5 Å². The predicted molar refractivity (Wildman–Crippen MR) is 137 cm³/mol. The van der Waals surface area contributed by atoms with E-state index in [1.54, 1.807) is 14.2 Å². The molecule has 0 aliphatic rings. The van der Waals surface area contributed by atoms with Crippen LogP contribution in [0, 0.1) is 0 Å². The zero-order valence-electron chi connectivity index (χ0n) is 19.0. The van der Waals surface area contributed by atoms with E-state index >= 15 is 0 Å². The zero-order chi connectivity index (χ0) is 23.6. The van der Waals surface area contributed by atoms with Crippen molar-refractivity contribution in [2.75, 3.05) is 14.2 Å². The molecule has 0 aliphatic carbocycles. The third kappa shape index (κ3) is 3.98. The Labute approximate surface area is 202 Å². The monoisotopic (exact) mass is 503 g/mol. The molecule has 33 heavy (non-hydrogen) atoms. The summed E-state index contributed by atoms with van der Waals surface area (Å²) in [6.07, 6.45) is 4.33. The van der Waals surface area contributed by atoms with Crippen molar-refractivity contribution in [2.45, 2.75) is 11.8 Å². The van der Waals surface area contributed by atoms with Crippen molar-refractivity contribution in [1.82, 2.24) is 4.57 Å². The lowest BCUT2D eigenvalue weighted by Gasteiger charge is -2.33. The van der Waals surface area contributed by atoms with Gasteiger partial charge in [-0.2, -0.15) is 0 Å². The van der Waals surface area contributed by atoms with E-state index in [9.17, 15) is 4.79 Å². The number of hydrogen-bond acceptors (Lipinski definition) is 3. The molecule has 1 atom stereocenters. The second-order valence-electron chi connectivity index (χ2n) is 8.00. The fourth-order valence-corrected chi connectivity index (χ4v) is 4.86. The van der Waals surface area contributed by atoms with E-state index in [2.05, 4.69) is 45.4 Å². The Bertz CT molecular complexity index is 1310. The van der Waals surface area contributed by atoms with Gasteiger partial charge in [0, 0.05) is 34.2 Å². The molecule has 0 amide bonds. The van der Waals surface area contributed by atoms with E-state index in [1.165, 1.54) is 0 Å². The van der Waals surface area contributed by atoms with Crippen LogP contribution in [0.25, 0.3) is 10.9 Å². The molecular formula is C28H26BrNO3. The maximum atomic E-state index is 14.4. The third-order valence-corrected chi connectivity index (χ3v) is 6.68. The summed E-state index contributed by atoms with van der Waals surface area (Å²) < 4.78 is 13.7. The molecule has 0 spiro atoms. The van der Waals surface area contributed by atoms with Crippen LogP contribution in [-0.4, -0.2) is 24.6 Å². The number of ketones is 1. The van der Waals surface area contributed by atoms with Gasteiger partial charge in [-0.1, -0.05) is 40.2 Å². The lowest BCUT2D eigenvalue weighted by molar-refractivity contribution is 0.0913. The van der Waals surface area contributed by atoms with E-state index < -0.39 is 5.41 Å². The highest BCUT2D eigenvalue weighted by Gasteiger charge is 2.43. The number of allylic oxidation sites excluding steroid dienone is 1. The normalized spacial score (nSPS) is 12.8. The number of benzene rings is 3. The van der Waals surface area contributed by atoms with E-state index in [1.807, 2.05) is 67.7 Å². The average molecular weight is 504 g/mol. The Hall–Kier alpha value is -3.31. The summed E-state index contributed by atoms with van der Waals surface area (Å²) in [7, 11) is 5.25. The Morgan fingerprint density at radius 1 is 1.00 bits per heavy atom. The first kappa shape index (κ1) is 22.9. The number of carbonyl (C=O) groups is 1. The van der Waals surface area contributed by atoms with Crippen molar-refractivity contribution < 1.29 is 14.3 Å². The molecule has 0 N–H and O–H groups in total. The van der Waals surface area contributed by atoms with Crippen molar-refractivity contribution in [2.24, 2.45) is 7.05 Å². The molecule has 3 aromatic carbocycles. The minimum atomic E-state index is -0.962. The van der Waals surface area contributed by atoms with Crippen molar-refractivity contribution in [3.63, 3.8) is 0 Å². The fourth-order valence-electron chi connectivity index (χ4n) is 4.51. The summed E-state index contributed by atoms with van der Waals surface area (Å²) in [5.74, 6) is 1.45.